The van der Waals surface area contributed by atoms with E-state index in [9.17, 15) is 4.79 Å². The summed E-state index contributed by atoms with van der Waals surface area (Å²) in [5.74, 6) is 0.0448. The summed E-state index contributed by atoms with van der Waals surface area (Å²) in [6, 6.07) is 9.76. The van der Waals surface area contributed by atoms with Crippen molar-refractivity contribution in [2.75, 3.05) is 23.3 Å². The minimum absolute atomic E-state index is 0.0346. The van der Waals surface area contributed by atoms with Gasteiger partial charge in [0, 0.05) is 29.4 Å². The number of benzene rings is 1. The zero-order valence-electron chi connectivity index (χ0n) is 14.4. The van der Waals surface area contributed by atoms with E-state index in [1.807, 2.05) is 37.3 Å². The van der Waals surface area contributed by atoms with E-state index < -0.39 is 0 Å². The fraction of sp³-hybridized carbons (Fsp3) is 0.316. The Morgan fingerprint density at radius 2 is 2.27 bits per heavy atom. The quantitative estimate of drug-likeness (QED) is 0.658. The molecule has 0 spiro atoms. The van der Waals surface area contributed by atoms with Crippen molar-refractivity contribution in [2.24, 2.45) is 5.92 Å². The fourth-order valence-corrected chi connectivity index (χ4v) is 4.42. The molecule has 2 aromatic heterocycles. The number of piperidine rings is 1. The number of carbonyl (C=O) groups is 1. The number of nitrogens with one attached hydrogen (secondary N) is 1. The molecular weight excluding hydrogens is 412 g/mol. The van der Waals surface area contributed by atoms with Gasteiger partial charge in [-0.3, -0.25) is 4.79 Å². The van der Waals surface area contributed by atoms with Crippen molar-refractivity contribution >= 4 is 54.3 Å². The number of aromatic nitrogens is 2. The highest BCUT2D eigenvalue weighted by atomic mass is 79.9. The minimum Gasteiger partial charge on any atom is -0.347 e. The average molecular weight is 431 g/mol. The first-order valence-corrected chi connectivity index (χ1v) is 10.2. The first-order valence-electron chi connectivity index (χ1n) is 8.63. The van der Waals surface area contributed by atoms with Gasteiger partial charge in [-0.2, -0.15) is 0 Å². The predicted octanol–water partition coefficient (Wildman–Crippen LogP) is 4.62. The molecule has 0 aliphatic carbocycles. The van der Waals surface area contributed by atoms with Gasteiger partial charge in [0.2, 0.25) is 5.91 Å². The van der Waals surface area contributed by atoms with Crippen LogP contribution in [-0.2, 0) is 4.79 Å². The molecule has 0 unspecified atom stereocenters. The zero-order valence-corrected chi connectivity index (χ0v) is 16.8. The van der Waals surface area contributed by atoms with Crippen LogP contribution in [-0.4, -0.2) is 29.0 Å². The van der Waals surface area contributed by atoms with Gasteiger partial charge in [0.05, 0.1) is 5.92 Å². The topological polar surface area (TPSA) is 58.1 Å². The normalized spacial score (nSPS) is 17.5. The van der Waals surface area contributed by atoms with Crippen molar-refractivity contribution in [1.82, 2.24) is 9.97 Å². The third-order valence-corrected chi connectivity index (χ3v) is 6.57. The first kappa shape index (κ1) is 17.4. The van der Waals surface area contributed by atoms with Crippen molar-refractivity contribution in [1.29, 1.82) is 0 Å². The molecule has 1 fully saturated rings. The molecule has 4 rings (SSSR count). The maximum atomic E-state index is 12.7. The van der Waals surface area contributed by atoms with Crippen LogP contribution in [0.2, 0.25) is 0 Å². The van der Waals surface area contributed by atoms with E-state index in [2.05, 4.69) is 36.1 Å². The van der Waals surface area contributed by atoms with Gasteiger partial charge >= 0.3 is 0 Å². The van der Waals surface area contributed by atoms with Gasteiger partial charge in [0.15, 0.2) is 5.13 Å². The van der Waals surface area contributed by atoms with Gasteiger partial charge in [-0.25, -0.2) is 9.97 Å². The molecule has 1 saturated heterocycles. The molecule has 1 aromatic carbocycles. The lowest BCUT2D eigenvalue weighted by molar-refractivity contribution is -0.120. The van der Waals surface area contributed by atoms with Gasteiger partial charge in [-0.1, -0.05) is 27.3 Å². The fourth-order valence-electron chi connectivity index (χ4n) is 3.23. The number of amides is 1. The number of fused-ring (bicyclic) bond motifs is 1. The molecule has 5 nitrogen and oxygen atoms in total. The highest BCUT2D eigenvalue weighted by Gasteiger charge is 2.27. The van der Waals surface area contributed by atoms with E-state index in [1.54, 1.807) is 17.5 Å². The summed E-state index contributed by atoms with van der Waals surface area (Å²) in [6.45, 7) is 3.64. The van der Waals surface area contributed by atoms with Crippen molar-refractivity contribution in [3.63, 3.8) is 0 Å². The van der Waals surface area contributed by atoms with Crippen LogP contribution in [0, 0.1) is 12.8 Å². The van der Waals surface area contributed by atoms with E-state index in [1.165, 1.54) is 0 Å². The molecular formula is C19H19BrN4OS. The Balaban J connectivity index is 1.47. The Hall–Kier alpha value is -1.99. The van der Waals surface area contributed by atoms with Crippen molar-refractivity contribution in [3.8, 4) is 0 Å². The summed E-state index contributed by atoms with van der Waals surface area (Å²) in [6.07, 6.45) is 3.68. The van der Waals surface area contributed by atoms with Crippen LogP contribution in [0.3, 0.4) is 0 Å². The van der Waals surface area contributed by atoms with Crippen LogP contribution in [0.15, 0.2) is 41.0 Å². The molecule has 1 atom stereocenters. The molecule has 7 heteroatoms. The molecule has 26 heavy (non-hydrogen) atoms. The Morgan fingerprint density at radius 1 is 1.38 bits per heavy atom. The predicted molar refractivity (Wildman–Crippen MR) is 110 cm³/mol. The number of aryl methyl sites for hydroxylation is 1. The first-order chi connectivity index (χ1) is 12.6. The maximum absolute atomic E-state index is 12.7. The van der Waals surface area contributed by atoms with Crippen molar-refractivity contribution < 1.29 is 4.79 Å². The van der Waals surface area contributed by atoms with Crippen LogP contribution in [0.5, 0.6) is 0 Å². The smallest absolute Gasteiger partial charge is 0.229 e. The summed E-state index contributed by atoms with van der Waals surface area (Å²) >= 11 is 5.08. The van der Waals surface area contributed by atoms with Crippen LogP contribution >= 0.6 is 27.3 Å². The Kier molecular flexibility index (Phi) is 4.91. The van der Waals surface area contributed by atoms with Crippen molar-refractivity contribution in [3.05, 3.63) is 46.6 Å². The largest absolute Gasteiger partial charge is 0.347 e. The number of thiazole rings is 1. The van der Waals surface area contributed by atoms with Crippen LogP contribution in [0.25, 0.3) is 10.3 Å². The highest BCUT2D eigenvalue weighted by molar-refractivity contribution is 9.10. The molecule has 3 heterocycles. The standard InChI is InChI=1S/C19H19BrN4OS/c1-12-10-14(6-7-15(12)20)22-17(25)13-4-3-9-24(11-13)19-23-16-5-2-8-21-18(16)26-19/h2,5-8,10,13H,3-4,9,11H2,1H3,(H,22,25)/t13-/m1/s1. The molecule has 1 aliphatic heterocycles. The number of nitrogens with zero attached hydrogens (tertiary/aromatic N) is 3. The zero-order chi connectivity index (χ0) is 18.1. The van der Waals surface area contributed by atoms with Crippen LogP contribution in [0.4, 0.5) is 10.8 Å². The van der Waals surface area contributed by atoms with E-state index in [4.69, 9.17) is 0 Å². The second kappa shape index (κ2) is 7.32. The summed E-state index contributed by atoms with van der Waals surface area (Å²) in [5.41, 5.74) is 2.87. The lowest BCUT2D eigenvalue weighted by atomic mass is 9.97. The van der Waals surface area contributed by atoms with Crippen LogP contribution < -0.4 is 10.2 Å². The van der Waals surface area contributed by atoms with Gasteiger partial charge in [-0.05, 0) is 55.7 Å². The number of carbonyl (C=O) groups excluding carboxylic acids is 1. The van der Waals surface area contributed by atoms with Gasteiger partial charge < -0.3 is 10.2 Å². The van der Waals surface area contributed by atoms with E-state index in [0.717, 1.165) is 50.6 Å². The minimum atomic E-state index is -0.0346. The third-order valence-electron chi connectivity index (χ3n) is 4.64. The lowest BCUT2D eigenvalue weighted by Gasteiger charge is -2.31. The van der Waals surface area contributed by atoms with E-state index >= 15 is 0 Å². The molecule has 1 N–H and O–H groups in total. The highest BCUT2D eigenvalue weighted by Crippen LogP contribution is 2.31. The van der Waals surface area contributed by atoms with Gasteiger partial charge in [-0.15, -0.1) is 0 Å². The lowest BCUT2D eigenvalue weighted by Crippen LogP contribution is -2.40. The number of anilines is 2. The number of halogens is 1. The molecule has 3 aromatic rings. The Labute approximate surface area is 164 Å². The van der Waals surface area contributed by atoms with E-state index in [-0.39, 0.29) is 11.8 Å². The molecule has 0 radical (unpaired) electrons. The average Bonchev–Trinajstić information content (AvgIpc) is 3.09. The van der Waals surface area contributed by atoms with Gasteiger partial charge in [0.25, 0.3) is 0 Å². The Bertz CT molecular complexity index is 925. The molecule has 134 valence electrons. The molecule has 1 aliphatic rings. The summed E-state index contributed by atoms with van der Waals surface area (Å²) < 4.78 is 1.05. The number of pyridine rings is 1. The Morgan fingerprint density at radius 3 is 3.08 bits per heavy atom. The van der Waals surface area contributed by atoms with Gasteiger partial charge in [0.1, 0.15) is 10.3 Å². The van der Waals surface area contributed by atoms with Crippen LogP contribution in [0.1, 0.15) is 18.4 Å². The molecule has 0 bridgehead atoms. The monoisotopic (exact) mass is 430 g/mol. The summed E-state index contributed by atoms with van der Waals surface area (Å²) in [5, 5.41) is 4.02. The third kappa shape index (κ3) is 3.59. The summed E-state index contributed by atoms with van der Waals surface area (Å²) in [4.78, 5) is 24.9. The SMILES string of the molecule is Cc1cc(NC(=O)[C@@H]2CCCN(c3nc4cccnc4s3)C2)ccc1Br. The number of rotatable bonds is 3. The maximum Gasteiger partial charge on any atom is 0.229 e. The molecule has 1 amide bonds. The number of hydrogen-bond acceptors (Lipinski definition) is 5. The second-order valence-corrected chi connectivity index (χ2v) is 8.37. The van der Waals surface area contributed by atoms with E-state index in [0.29, 0.717) is 6.54 Å². The number of hydrogen-bond donors (Lipinski definition) is 1. The summed E-state index contributed by atoms with van der Waals surface area (Å²) in [7, 11) is 0. The molecule has 0 saturated carbocycles. The van der Waals surface area contributed by atoms with Crippen molar-refractivity contribution in [2.45, 2.75) is 19.8 Å². The second-order valence-electron chi connectivity index (χ2n) is 6.56.